The van der Waals surface area contributed by atoms with E-state index in [2.05, 4.69) is 21.2 Å². The highest BCUT2D eigenvalue weighted by Gasteiger charge is 2.19. The van der Waals surface area contributed by atoms with E-state index >= 15 is 0 Å². The van der Waals surface area contributed by atoms with E-state index in [-0.39, 0.29) is 6.04 Å². The van der Waals surface area contributed by atoms with Crippen LogP contribution in [0.25, 0.3) is 0 Å². The molecule has 0 bridgehead atoms. The van der Waals surface area contributed by atoms with Crippen LogP contribution < -0.4 is 14.8 Å². The van der Waals surface area contributed by atoms with Crippen LogP contribution in [0.5, 0.6) is 11.5 Å². The van der Waals surface area contributed by atoms with Crippen molar-refractivity contribution in [2.24, 2.45) is 0 Å². The summed E-state index contributed by atoms with van der Waals surface area (Å²) in [7, 11) is 5.25. The second-order valence-electron chi connectivity index (χ2n) is 4.03. The van der Waals surface area contributed by atoms with E-state index in [9.17, 15) is 0 Å². The summed E-state index contributed by atoms with van der Waals surface area (Å²) in [5.41, 5.74) is 1.09. The minimum absolute atomic E-state index is 0.184. The molecule has 4 nitrogen and oxygen atoms in total. The molecule has 0 aromatic heterocycles. The largest absolute Gasteiger partial charge is 0.495 e. The van der Waals surface area contributed by atoms with Crippen LogP contribution in [0.4, 0.5) is 0 Å². The first kappa shape index (κ1) is 16.3. The topological polar surface area (TPSA) is 39.7 Å². The number of rotatable bonds is 8. The lowest BCUT2D eigenvalue weighted by Gasteiger charge is -2.21. The molecule has 0 heterocycles. The van der Waals surface area contributed by atoms with E-state index < -0.39 is 0 Å². The van der Waals surface area contributed by atoms with Crippen molar-refractivity contribution in [2.45, 2.75) is 19.4 Å². The van der Waals surface area contributed by atoms with Crippen molar-refractivity contribution in [2.75, 3.05) is 34.5 Å². The van der Waals surface area contributed by atoms with E-state index in [1.54, 1.807) is 14.2 Å². The second kappa shape index (κ2) is 8.40. The predicted octanol–water partition coefficient (Wildman–Crippen LogP) is 3.15. The van der Waals surface area contributed by atoms with Crippen LogP contribution in [-0.2, 0) is 4.74 Å². The van der Waals surface area contributed by atoms with E-state index in [0.717, 1.165) is 41.2 Å². The molecule has 1 aromatic rings. The Labute approximate surface area is 123 Å². The van der Waals surface area contributed by atoms with Gasteiger partial charge in [0.25, 0.3) is 0 Å². The first-order chi connectivity index (χ1) is 9.19. The van der Waals surface area contributed by atoms with Gasteiger partial charge in [0.15, 0.2) is 0 Å². The van der Waals surface area contributed by atoms with Crippen LogP contribution in [0.15, 0.2) is 16.6 Å². The second-order valence-corrected chi connectivity index (χ2v) is 4.82. The number of hydrogen-bond acceptors (Lipinski definition) is 4. The summed E-state index contributed by atoms with van der Waals surface area (Å²) < 4.78 is 17.0. The number of ether oxygens (including phenoxy) is 3. The van der Waals surface area contributed by atoms with Gasteiger partial charge in [-0.1, -0.05) is 0 Å². The number of methoxy groups -OCH3 is 2. The lowest BCUT2D eigenvalue weighted by molar-refractivity contribution is 0.137. The fourth-order valence-corrected chi connectivity index (χ4v) is 2.68. The highest BCUT2D eigenvalue weighted by molar-refractivity contribution is 9.10. The fraction of sp³-hybridized carbons (Fsp3) is 0.571. The quantitative estimate of drug-likeness (QED) is 0.743. The Kier molecular flexibility index (Phi) is 7.20. The number of halogens is 1. The van der Waals surface area contributed by atoms with Gasteiger partial charge in [-0.2, -0.15) is 0 Å². The van der Waals surface area contributed by atoms with Crippen molar-refractivity contribution >= 4 is 15.9 Å². The molecule has 0 spiro atoms. The maximum Gasteiger partial charge on any atom is 0.141 e. The van der Waals surface area contributed by atoms with Crippen LogP contribution in [-0.4, -0.2) is 34.5 Å². The van der Waals surface area contributed by atoms with E-state index in [0.29, 0.717) is 0 Å². The SMILES string of the molecule is CCOCCC(NC)c1ccc(OC)c(Br)c1OC. The van der Waals surface area contributed by atoms with Gasteiger partial charge in [-0.15, -0.1) is 0 Å². The molecule has 0 saturated carbocycles. The third-order valence-electron chi connectivity index (χ3n) is 3.00. The first-order valence-corrected chi connectivity index (χ1v) is 7.14. The minimum Gasteiger partial charge on any atom is -0.495 e. The van der Waals surface area contributed by atoms with Crippen molar-refractivity contribution in [3.8, 4) is 11.5 Å². The molecule has 108 valence electrons. The summed E-state index contributed by atoms with van der Waals surface area (Å²) in [6.45, 7) is 3.45. The average molecular weight is 332 g/mol. The van der Waals surface area contributed by atoms with E-state index in [4.69, 9.17) is 14.2 Å². The first-order valence-electron chi connectivity index (χ1n) is 6.34. The lowest BCUT2D eigenvalue weighted by atomic mass is 10.0. The van der Waals surface area contributed by atoms with Crippen LogP contribution >= 0.6 is 15.9 Å². The van der Waals surface area contributed by atoms with Crippen molar-refractivity contribution < 1.29 is 14.2 Å². The maximum atomic E-state index is 5.50. The molecular weight excluding hydrogens is 310 g/mol. The van der Waals surface area contributed by atoms with Gasteiger partial charge in [0.1, 0.15) is 16.0 Å². The molecule has 0 aliphatic heterocycles. The van der Waals surface area contributed by atoms with Gasteiger partial charge in [0.2, 0.25) is 0 Å². The Morgan fingerprint density at radius 3 is 2.53 bits per heavy atom. The number of benzene rings is 1. The molecule has 0 radical (unpaired) electrons. The molecule has 1 N–H and O–H groups in total. The smallest absolute Gasteiger partial charge is 0.141 e. The van der Waals surface area contributed by atoms with Crippen LogP contribution in [0.1, 0.15) is 24.9 Å². The molecule has 19 heavy (non-hydrogen) atoms. The molecule has 0 aliphatic carbocycles. The lowest BCUT2D eigenvalue weighted by Crippen LogP contribution is -2.19. The van der Waals surface area contributed by atoms with Crippen molar-refractivity contribution in [3.63, 3.8) is 0 Å². The Bertz CT molecular complexity index is 399. The summed E-state index contributed by atoms with van der Waals surface area (Å²) in [4.78, 5) is 0. The number of nitrogens with one attached hydrogen (secondary N) is 1. The summed E-state index contributed by atoms with van der Waals surface area (Å²) in [6, 6.07) is 4.14. The van der Waals surface area contributed by atoms with Gasteiger partial charge in [0, 0.05) is 24.8 Å². The maximum absolute atomic E-state index is 5.50. The molecule has 1 aromatic carbocycles. The van der Waals surface area contributed by atoms with Gasteiger partial charge in [-0.3, -0.25) is 0 Å². The third kappa shape index (κ3) is 4.09. The van der Waals surface area contributed by atoms with Crippen LogP contribution in [0.2, 0.25) is 0 Å². The van der Waals surface area contributed by atoms with Gasteiger partial charge < -0.3 is 19.5 Å². The van der Waals surface area contributed by atoms with Gasteiger partial charge >= 0.3 is 0 Å². The van der Waals surface area contributed by atoms with Crippen molar-refractivity contribution in [1.82, 2.24) is 5.32 Å². The fourth-order valence-electron chi connectivity index (χ4n) is 1.99. The van der Waals surface area contributed by atoms with Gasteiger partial charge in [0.05, 0.1) is 14.2 Å². The predicted molar refractivity (Wildman–Crippen MR) is 80.2 cm³/mol. The normalized spacial score (nSPS) is 12.3. The molecule has 5 heteroatoms. The Hall–Kier alpha value is -0.780. The zero-order valence-electron chi connectivity index (χ0n) is 12.0. The zero-order valence-corrected chi connectivity index (χ0v) is 13.5. The van der Waals surface area contributed by atoms with Crippen LogP contribution in [0.3, 0.4) is 0 Å². The van der Waals surface area contributed by atoms with Crippen molar-refractivity contribution in [1.29, 1.82) is 0 Å². The monoisotopic (exact) mass is 331 g/mol. The molecule has 1 atom stereocenters. The summed E-state index contributed by atoms with van der Waals surface area (Å²) in [6.07, 6.45) is 0.888. The molecular formula is C14H22BrNO3. The van der Waals surface area contributed by atoms with Gasteiger partial charge in [-0.05, 0) is 48.5 Å². The highest BCUT2D eigenvalue weighted by atomic mass is 79.9. The molecule has 0 saturated heterocycles. The average Bonchev–Trinajstić information content (AvgIpc) is 2.43. The molecule has 0 aliphatic rings. The van der Waals surface area contributed by atoms with E-state index in [1.165, 1.54) is 0 Å². The Morgan fingerprint density at radius 2 is 2.00 bits per heavy atom. The molecule has 1 unspecified atom stereocenters. The number of hydrogen-bond donors (Lipinski definition) is 1. The summed E-state index contributed by atoms with van der Waals surface area (Å²) in [5.74, 6) is 1.57. The molecule has 0 amide bonds. The Balaban J connectivity index is 2.99. The molecule has 1 rings (SSSR count). The Morgan fingerprint density at radius 1 is 1.26 bits per heavy atom. The van der Waals surface area contributed by atoms with Crippen LogP contribution in [0, 0.1) is 0 Å². The third-order valence-corrected chi connectivity index (χ3v) is 3.75. The summed E-state index contributed by atoms with van der Waals surface area (Å²) >= 11 is 3.52. The summed E-state index contributed by atoms with van der Waals surface area (Å²) in [5, 5.41) is 3.30. The van der Waals surface area contributed by atoms with E-state index in [1.807, 2.05) is 26.1 Å². The standard InChI is InChI=1S/C14H22BrNO3/c1-5-19-9-8-11(16-2)10-6-7-12(17-3)13(15)14(10)18-4/h6-7,11,16H,5,8-9H2,1-4H3. The molecule has 0 fully saturated rings. The van der Waals surface area contributed by atoms with Crippen molar-refractivity contribution in [3.05, 3.63) is 22.2 Å². The minimum atomic E-state index is 0.184. The van der Waals surface area contributed by atoms with Gasteiger partial charge in [-0.25, -0.2) is 0 Å². The zero-order chi connectivity index (χ0) is 14.3. The highest BCUT2D eigenvalue weighted by Crippen LogP contribution is 2.40.